The fourth-order valence-electron chi connectivity index (χ4n) is 2.50. The van der Waals surface area contributed by atoms with E-state index in [0.717, 1.165) is 18.2 Å². The van der Waals surface area contributed by atoms with Crippen LogP contribution in [0.3, 0.4) is 0 Å². The molecule has 0 radical (unpaired) electrons. The van der Waals surface area contributed by atoms with E-state index in [1.165, 1.54) is 36.4 Å². The van der Waals surface area contributed by atoms with Crippen LogP contribution >= 0.6 is 0 Å². The molecule has 0 aliphatic rings. The first-order valence-corrected chi connectivity index (χ1v) is 8.71. The number of non-ortho nitro benzene ring substituents is 1. The molecule has 2 amide bonds. The summed E-state index contributed by atoms with van der Waals surface area (Å²) in [5.41, 5.74) is -0.144. The standard InChI is InChI=1S/C20H14N4O7/c25-19(13-5-2-1-3-6-13)22-17(12-16-9-10-18(31-16)24(29)30)20(26)21-14-7-4-8-15(11-14)23(27)28/h1-12H,(H,21,26)(H,22,25)/b17-12-. The van der Waals surface area contributed by atoms with Gasteiger partial charge in [-0.25, -0.2) is 0 Å². The predicted molar refractivity (Wildman–Crippen MR) is 109 cm³/mol. The maximum Gasteiger partial charge on any atom is 0.433 e. The topological polar surface area (TPSA) is 158 Å². The molecular weight excluding hydrogens is 408 g/mol. The number of nitrogens with one attached hydrogen (secondary N) is 2. The van der Waals surface area contributed by atoms with Crippen molar-refractivity contribution in [3.63, 3.8) is 0 Å². The smallest absolute Gasteiger partial charge is 0.401 e. The van der Waals surface area contributed by atoms with E-state index in [2.05, 4.69) is 10.6 Å². The van der Waals surface area contributed by atoms with Crippen LogP contribution in [0.15, 0.2) is 76.8 Å². The van der Waals surface area contributed by atoms with Crippen LogP contribution in [0.25, 0.3) is 6.08 Å². The highest BCUT2D eigenvalue weighted by molar-refractivity contribution is 6.10. The summed E-state index contributed by atoms with van der Waals surface area (Å²) in [5, 5.41) is 26.6. The van der Waals surface area contributed by atoms with Crippen LogP contribution in [0.1, 0.15) is 16.1 Å². The first kappa shape index (κ1) is 20.9. The van der Waals surface area contributed by atoms with Crippen molar-refractivity contribution < 1.29 is 23.9 Å². The SMILES string of the molecule is O=C(Nc1cccc([N+](=O)[O-])c1)/C(=C/c1ccc([N+](=O)[O-])o1)NC(=O)c1ccccc1. The zero-order chi connectivity index (χ0) is 22.4. The van der Waals surface area contributed by atoms with Gasteiger partial charge in [0.1, 0.15) is 16.4 Å². The summed E-state index contributed by atoms with van der Waals surface area (Å²) in [6.45, 7) is 0. The highest BCUT2D eigenvalue weighted by Crippen LogP contribution is 2.20. The number of nitro groups is 2. The molecule has 31 heavy (non-hydrogen) atoms. The lowest BCUT2D eigenvalue weighted by Gasteiger charge is -2.10. The molecule has 3 rings (SSSR count). The third kappa shape index (κ3) is 5.38. The number of furan rings is 1. The Hall–Kier alpha value is -4.80. The Morgan fingerprint density at radius 1 is 0.903 bits per heavy atom. The first-order chi connectivity index (χ1) is 14.8. The van der Waals surface area contributed by atoms with Crippen LogP contribution in [0.5, 0.6) is 0 Å². The predicted octanol–water partition coefficient (Wildman–Crippen LogP) is 3.51. The average molecular weight is 422 g/mol. The van der Waals surface area contributed by atoms with Gasteiger partial charge in [0, 0.05) is 29.5 Å². The number of carbonyl (C=O) groups excluding carboxylic acids is 2. The van der Waals surface area contributed by atoms with E-state index in [9.17, 15) is 29.8 Å². The Labute approximate surface area is 174 Å². The molecule has 1 heterocycles. The molecule has 0 saturated carbocycles. The van der Waals surface area contributed by atoms with Crippen LogP contribution in [0.2, 0.25) is 0 Å². The monoisotopic (exact) mass is 422 g/mol. The molecular formula is C20H14N4O7. The fraction of sp³-hybridized carbons (Fsp3) is 0. The van der Waals surface area contributed by atoms with Crippen LogP contribution in [0.4, 0.5) is 17.3 Å². The number of rotatable bonds is 7. The Kier molecular flexibility index (Phi) is 6.16. The van der Waals surface area contributed by atoms with Gasteiger partial charge in [-0.2, -0.15) is 0 Å². The number of carbonyl (C=O) groups is 2. The zero-order valence-corrected chi connectivity index (χ0v) is 15.7. The molecule has 0 aliphatic carbocycles. The lowest BCUT2D eigenvalue weighted by molar-refractivity contribution is -0.402. The van der Waals surface area contributed by atoms with Gasteiger partial charge >= 0.3 is 5.88 Å². The molecule has 0 unspecified atom stereocenters. The minimum atomic E-state index is -0.816. The maximum atomic E-state index is 12.8. The van der Waals surface area contributed by atoms with Gasteiger partial charge in [0.15, 0.2) is 0 Å². The molecule has 0 atom stereocenters. The summed E-state index contributed by atoms with van der Waals surface area (Å²) >= 11 is 0. The molecule has 3 aromatic rings. The highest BCUT2D eigenvalue weighted by Gasteiger charge is 2.18. The molecule has 2 N–H and O–H groups in total. The van der Waals surface area contributed by atoms with Gasteiger partial charge in [0.25, 0.3) is 17.5 Å². The maximum absolute atomic E-state index is 12.8. The normalized spacial score (nSPS) is 10.9. The molecule has 156 valence electrons. The van der Waals surface area contributed by atoms with Gasteiger partial charge in [-0.05, 0) is 24.3 Å². The van der Waals surface area contributed by atoms with Crippen molar-refractivity contribution in [1.82, 2.24) is 5.32 Å². The zero-order valence-electron chi connectivity index (χ0n) is 15.7. The molecule has 0 bridgehead atoms. The lowest BCUT2D eigenvalue weighted by Crippen LogP contribution is -2.30. The van der Waals surface area contributed by atoms with Crippen molar-refractivity contribution in [3.05, 3.63) is 104 Å². The summed E-state index contributed by atoms with van der Waals surface area (Å²) in [5.74, 6) is -2.02. The summed E-state index contributed by atoms with van der Waals surface area (Å²) < 4.78 is 5.02. The summed E-state index contributed by atoms with van der Waals surface area (Å²) in [4.78, 5) is 45.6. The summed E-state index contributed by atoms with van der Waals surface area (Å²) in [7, 11) is 0. The summed E-state index contributed by atoms with van der Waals surface area (Å²) in [6, 6.07) is 15.6. The fourth-order valence-corrected chi connectivity index (χ4v) is 2.50. The van der Waals surface area contributed by atoms with E-state index in [1.807, 2.05) is 0 Å². The Morgan fingerprint density at radius 2 is 1.65 bits per heavy atom. The number of hydrogen-bond acceptors (Lipinski definition) is 7. The Balaban J connectivity index is 1.90. The number of nitro benzene ring substituents is 1. The number of anilines is 1. The molecule has 11 heteroatoms. The van der Waals surface area contributed by atoms with E-state index in [4.69, 9.17) is 4.42 Å². The van der Waals surface area contributed by atoms with Gasteiger partial charge in [-0.1, -0.05) is 24.3 Å². The van der Waals surface area contributed by atoms with Crippen molar-refractivity contribution in [2.24, 2.45) is 0 Å². The second-order valence-corrected chi connectivity index (χ2v) is 6.07. The minimum Gasteiger partial charge on any atom is -0.401 e. The molecule has 2 aromatic carbocycles. The highest BCUT2D eigenvalue weighted by atomic mass is 16.6. The third-order valence-electron chi connectivity index (χ3n) is 3.92. The first-order valence-electron chi connectivity index (χ1n) is 8.71. The van der Waals surface area contributed by atoms with Gasteiger partial charge in [0.05, 0.1) is 11.0 Å². The van der Waals surface area contributed by atoms with Gasteiger partial charge in [0.2, 0.25) is 0 Å². The Morgan fingerprint density at radius 3 is 2.29 bits per heavy atom. The van der Waals surface area contributed by atoms with E-state index in [1.54, 1.807) is 18.2 Å². The molecule has 0 spiro atoms. The third-order valence-corrected chi connectivity index (χ3v) is 3.92. The van der Waals surface area contributed by atoms with Gasteiger partial charge < -0.3 is 15.1 Å². The quantitative estimate of drug-likeness (QED) is 0.335. The molecule has 1 aromatic heterocycles. The van der Waals surface area contributed by atoms with E-state index in [-0.39, 0.29) is 28.4 Å². The number of hydrogen-bond donors (Lipinski definition) is 2. The van der Waals surface area contributed by atoms with Crippen LogP contribution in [-0.4, -0.2) is 21.7 Å². The summed E-state index contributed by atoms with van der Waals surface area (Å²) in [6.07, 6.45) is 1.11. The molecule has 11 nitrogen and oxygen atoms in total. The van der Waals surface area contributed by atoms with E-state index >= 15 is 0 Å². The second-order valence-electron chi connectivity index (χ2n) is 6.07. The van der Waals surface area contributed by atoms with Crippen molar-refractivity contribution in [1.29, 1.82) is 0 Å². The van der Waals surface area contributed by atoms with Crippen LogP contribution < -0.4 is 10.6 Å². The van der Waals surface area contributed by atoms with Crippen LogP contribution in [-0.2, 0) is 4.79 Å². The number of nitrogens with zero attached hydrogens (tertiary/aromatic N) is 2. The minimum absolute atomic E-state index is 0.0516. The molecule has 0 saturated heterocycles. The van der Waals surface area contributed by atoms with E-state index < -0.39 is 27.5 Å². The Bertz CT molecular complexity index is 1190. The van der Waals surface area contributed by atoms with Crippen LogP contribution in [0, 0.1) is 20.2 Å². The largest absolute Gasteiger partial charge is 0.433 e. The second kappa shape index (κ2) is 9.13. The van der Waals surface area contributed by atoms with Crippen molar-refractivity contribution in [2.45, 2.75) is 0 Å². The van der Waals surface area contributed by atoms with E-state index in [0.29, 0.717) is 0 Å². The van der Waals surface area contributed by atoms with Crippen molar-refractivity contribution in [2.75, 3.05) is 5.32 Å². The van der Waals surface area contributed by atoms with Crippen molar-refractivity contribution >= 4 is 35.1 Å². The van der Waals surface area contributed by atoms with Gasteiger partial charge in [-0.15, -0.1) is 0 Å². The van der Waals surface area contributed by atoms with Gasteiger partial charge in [-0.3, -0.25) is 29.8 Å². The molecule has 0 aliphatic heterocycles. The lowest BCUT2D eigenvalue weighted by atomic mass is 10.2. The molecule has 0 fully saturated rings. The average Bonchev–Trinajstić information content (AvgIpc) is 3.23. The number of benzene rings is 2. The number of amides is 2. The van der Waals surface area contributed by atoms with Crippen molar-refractivity contribution in [3.8, 4) is 0 Å².